The van der Waals surface area contributed by atoms with Gasteiger partial charge in [0.25, 0.3) is 0 Å². The highest BCUT2D eigenvalue weighted by Gasteiger charge is 2.15. The Morgan fingerprint density at radius 3 is 2.57 bits per heavy atom. The summed E-state index contributed by atoms with van der Waals surface area (Å²) in [5.74, 6) is 0. The van der Waals surface area contributed by atoms with Crippen LogP contribution in [-0.4, -0.2) is 18.4 Å². The van der Waals surface area contributed by atoms with Gasteiger partial charge in [-0.05, 0) is 37.6 Å². The SMILES string of the molecule is Cc1cnc(CNS(=O)(=O)c2ccc(C#N)c(C)c2)cn1. The lowest BCUT2D eigenvalue weighted by atomic mass is 10.1. The summed E-state index contributed by atoms with van der Waals surface area (Å²) < 4.78 is 26.8. The molecular formula is C14H14N4O2S. The predicted octanol–water partition coefficient (Wildman–Crippen LogP) is 1.44. The second-order valence-electron chi connectivity index (χ2n) is 4.56. The van der Waals surface area contributed by atoms with Gasteiger partial charge in [-0.1, -0.05) is 0 Å². The number of nitrogens with one attached hydrogen (secondary N) is 1. The number of aryl methyl sites for hydroxylation is 2. The molecule has 1 aromatic heterocycles. The van der Waals surface area contributed by atoms with E-state index in [2.05, 4.69) is 14.7 Å². The zero-order valence-corrected chi connectivity index (χ0v) is 12.5. The molecule has 0 fully saturated rings. The molecule has 6 nitrogen and oxygen atoms in total. The van der Waals surface area contributed by atoms with Gasteiger partial charge in [0.2, 0.25) is 10.0 Å². The number of hydrogen-bond acceptors (Lipinski definition) is 5. The van der Waals surface area contributed by atoms with E-state index < -0.39 is 10.0 Å². The molecule has 2 aromatic rings. The largest absolute Gasteiger partial charge is 0.258 e. The molecule has 0 atom stereocenters. The van der Waals surface area contributed by atoms with Crippen LogP contribution in [0.1, 0.15) is 22.5 Å². The number of rotatable bonds is 4. The van der Waals surface area contributed by atoms with Gasteiger partial charge in [0.05, 0.1) is 40.7 Å². The Morgan fingerprint density at radius 2 is 2.00 bits per heavy atom. The number of sulfonamides is 1. The Hall–Kier alpha value is -2.30. The van der Waals surface area contributed by atoms with Crippen LogP contribution in [0, 0.1) is 25.2 Å². The van der Waals surface area contributed by atoms with Crippen molar-refractivity contribution in [1.29, 1.82) is 5.26 Å². The van der Waals surface area contributed by atoms with E-state index in [4.69, 9.17) is 5.26 Å². The van der Waals surface area contributed by atoms with Gasteiger partial charge in [-0.3, -0.25) is 9.97 Å². The molecule has 0 saturated heterocycles. The van der Waals surface area contributed by atoms with Crippen LogP contribution in [0.2, 0.25) is 0 Å². The van der Waals surface area contributed by atoms with Crippen LogP contribution in [0.3, 0.4) is 0 Å². The van der Waals surface area contributed by atoms with Crippen LogP contribution in [-0.2, 0) is 16.6 Å². The molecule has 1 heterocycles. The van der Waals surface area contributed by atoms with Gasteiger partial charge < -0.3 is 0 Å². The molecule has 0 spiro atoms. The Balaban J connectivity index is 2.17. The van der Waals surface area contributed by atoms with Crippen molar-refractivity contribution in [3.63, 3.8) is 0 Å². The molecule has 2 rings (SSSR count). The van der Waals surface area contributed by atoms with Crippen molar-refractivity contribution in [1.82, 2.24) is 14.7 Å². The second-order valence-corrected chi connectivity index (χ2v) is 6.33. The third kappa shape index (κ3) is 3.62. The van der Waals surface area contributed by atoms with E-state index in [1.165, 1.54) is 24.4 Å². The quantitative estimate of drug-likeness (QED) is 0.922. The lowest BCUT2D eigenvalue weighted by Gasteiger charge is -2.07. The monoisotopic (exact) mass is 302 g/mol. The maximum Gasteiger partial charge on any atom is 0.240 e. The minimum absolute atomic E-state index is 0.0641. The van der Waals surface area contributed by atoms with Crippen LogP contribution >= 0.6 is 0 Å². The standard InChI is InChI=1S/C14H14N4O2S/c1-10-5-14(4-3-12(10)6-15)21(19,20)18-9-13-8-16-11(2)7-17-13/h3-5,7-8,18H,9H2,1-2H3. The maximum absolute atomic E-state index is 12.2. The Labute approximate surface area is 123 Å². The maximum atomic E-state index is 12.2. The first kappa shape index (κ1) is 15.1. The fourth-order valence-electron chi connectivity index (χ4n) is 1.69. The van der Waals surface area contributed by atoms with Gasteiger partial charge in [0, 0.05) is 6.20 Å². The van der Waals surface area contributed by atoms with Crippen LogP contribution in [0.25, 0.3) is 0 Å². The molecule has 7 heteroatoms. The van der Waals surface area contributed by atoms with Crippen LogP contribution < -0.4 is 4.72 Å². The minimum atomic E-state index is -3.64. The highest BCUT2D eigenvalue weighted by molar-refractivity contribution is 7.89. The lowest BCUT2D eigenvalue weighted by molar-refractivity contribution is 0.580. The summed E-state index contributed by atoms with van der Waals surface area (Å²) in [6, 6.07) is 6.38. The molecule has 0 aliphatic carbocycles. The Morgan fingerprint density at radius 1 is 1.24 bits per heavy atom. The highest BCUT2D eigenvalue weighted by atomic mass is 32.2. The van der Waals surface area contributed by atoms with Gasteiger partial charge >= 0.3 is 0 Å². The van der Waals surface area contributed by atoms with Crippen molar-refractivity contribution in [2.45, 2.75) is 25.3 Å². The van der Waals surface area contributed by atoms with Crippen molar-refractivity contribution in [2.75, 3.05) is 0 Å². The first-order valence-corrected chi connectivity index (χ1v) is 7.68. The van der Waals surface area contributed by atoms with Crippen molar-refractivity contribution in [2.24, 2.45) is 0 Å². The molecule has 0 bridgehead atoms. The third-order valence-corrected chi connectivity index (χ3v) is 4.31. The zero-order valence-electron chi connectivity index (χ0n) is 11.7. The van der Waals surface area contributed by atoms with Crippen LogP contribution in [0.15, 0.2) is 35.5 Å². The van der Waals surface area contributed by atoms with Gasteiger partial charge in [-0.15, -0.1) is 0 Å². The summed E-state index contributed by atoms with van der Waals surface area (Å²) in [7, 11) is -3.64. The smallest absolute Gasteiger partial charge is 0.240 e. The topological polar surface area (TPSA) is 95.7 Å². The number of aromatic nitrogens is 2. The molecule has 21 heavy (non-hydrogen) atoms. The normalized spacial score (nSPS) is 11.1. The first-order valence-electron chi connectivity index (χ1n) is 6.20. The number of benzene rings is 1. The van der Waals surface area contributed by atoms with E-state index in [-0.39, 0.29) is 11.4 Å². The van der Waals surface area contributed by atoms with E-state index in [1.807, 2.05) is 6.07 Å². The molecule has 1 N–H and O–H groups in total. The summed E-state index contributed by atoms with van der Waals surface area (Å²) in [5.41, 5.74) is 2.38. The molecule has 0 unspecified atom stereocenters. The van der Waals surface area contributed by atoms with Gasteiger partial charge in [-0.2, -0.15) is 5.26 Å². The number of nitriles is 1. The van der Waals surface area contributed by atoms with Crippen molar-refractivity contribution in [3.8, 4) is 6.07 Å². The average molecular weight is 302 g/mol. The van der Waals surface area contributed by atoms with Gasteiger partial charge in [0.15, 0.2) is 0 Å². The third-order valence-electron chi connectivity index (χ3n) is 2.91. The van der Waals surface area contributed by atoms with Crippen LogP contribution in [0.4, 0.5) is 0 Å². The highest BCUT2D eigenvalue weighted by Crippen LogP contribution is 2.15. The van der Waals surface area contributed by atoms with Gasteiger partial charge in [-0.25, -0.2) is 13.1 Å². The van der Waals surface area contributed by atoms with Crippen molar-refractivity contribution in [3.05, 3.63) is 53.1 Å². The zero-order chi connectivity index (χ0) is 15.5. The summed E-state index contributed by atoms with van der Waals surface area (Å²) in [5, 5.41) is 8.86. The Kier molecular flexibility index (Phi) is 4.31. The van der Waals surface area contributed by atoms with E-state index in [0.717, 1.165) is 5.69 Å². The number of nitrogens with zero attached hydrogens (tertiary/aromatic N) is 3. The predicted molar refractivity (Wildman–Crippen MR) is 76.7 cm³/mol. The molecule has 0 aliphatic rings. The van der Waals surface area contributed by atoms with Gasteiger partial charge in [0.1, 0.15) is 0 Å². The Bertz CT molecular complexity index is 793. The van der Waals surface area contributed by atoms with E-state index in [9.17, 15) is 8.42 Å². The second kappa shape index (κ2) is 5.99. The molecule has 0 amide bonds. The fourth-order valence-corrected chi connectivity index (χ4v) is 2.78. The average Bonchev–Trinajstić information content (AvgIpc) is 2.46. The molecule has 0 saturated carbocycles. The van der Waals surface area contributed by atoms with Crippen LogP contribution in [0.5, 0.6) is 0 Å². The lowest BCUT2D eigenvalue weighted by Crippen LogP contribution is -2.24. The summed E-state index contributed by atoms with van der Waals surface area (Å²) in [6.45, 7) is 3.57. The molecule has 108 valence electrons. The molecule has 0 radical (unpaired) electrons. The number of hydrogen-bond donors (Lipinski definition) is 1. The van der Waals surface area contributed by atoms with E-state index in [0.29, 0.717) is 16.8 Å². The van der Waals surface area contributed by atoms with Crippen molar-refractivity contribution < 1.29 is 8.42 Å². The molecular weight excluding hydrogens is 288 g/mol. The summed E-state index contributed by atoms with van der Waals surface area (Å²) in [4.78, 5) is 8.27. The van der Waals surface area contributed by atoms with E-state index in [1.54, 1.807) is 20.0 Å². The summed E-state index contributed by atoms with van der Waals surface area (Å²) >= 11 is 0. The fraction of sp³-hybridized carbons (Fsp3) is 0.214. The molecule has 0 aliphatic heterocycles. The summed E-state index contributed by atoms with van der Waals surface area (Å²) in [6.07, 6.45) is 3.11. The minimum Gasteiger partial charge on any atom is -0.258 e. The van der Waals surface area contributed by atoms with E-state index >= 15 is 0 Å². The molecule has 1 aromatic carbocycles. The van der Waals surface area contributed by atoms with Crippen molar-refractivity contribution >= 4 is 10.0 Å². The first-order chi connectivity index (χ1) is 9.92.